The van der Waals surface area contributed by atoms with Crippen LogP contribution in [-0.4, -0.2) is 31.4 Å². The van der Waals surface area contributed by atoms with Crippen LogP contribution in [0.25, 0.3) is 0 Å². The molecule has 0 bridgehead atoms. The average molecular weight is 381 g/mol. The van der Waals surface area contributed by atoms with E-state index >= 15 is 0 Å². The third-order valence-corrected chi connectivity index (χ3v) is 4.43. The van der Waals surface area contributed by atoms with E-state index in [1.165, 1.54) is 12.1 Å². The van der Waals surface area contributed by atoms with Gasteiger partial charge in [-0.2, -0.15) is 0 Å². The number of benzene rings is 1. The van der Waals surface area contributed by atoms with Crippen molar-refractivity contribution in [2.75, 3.05) is 13.2 Å². The van der Waals surface area contributed by atoms with Gasteiger partial charge in [0, 0.05) is 25.1 Å². The first kappa shape index (κ1) is 17.0. The van der Waals surface area contributed by atoms with Crippen molar-refractivity contribution >= 4 is 27.5 Å². The van der Waals surface area contributed by atoms with Gasteiger partial charge in [-0.05, 0) is 41.9 Å². The molecule has 0 aliphatic heterocycles. The summed E-state index contributed by atoms with van der Waals surface area (Å²) in [6.07, 6.45) is 1.85. The molecule has 1 N–H and O–H groups in total. The predicted octanol–water partition coefficient (Wildman–Crippen LogP) is 4.17. The summed E-state index contributed by atoms with van der Waals surface area (Å²) in [6.45, 7) is 5.68. The highest BCUT2D eigenvalue weighted by atomic mass is 79.9. The second-order valence-electron chi connectivity index (χ2n) is 5.07. The second kappa shape index (κ2) is 7.77. The standard InChI is InChI=1S/C15H20BrClFNO2/c1-3-5-19-12-8-14(15(12)20-4-2)21-13-7-11(18)10(17)6-9(13)16/h6-7,12,14-15,19H,3-5,8H2,1-2H3. The SMILES string of the molecule is CCCNC1CC(Oc2cc(F)c(Cl)cc2Br)C1OCC. The number of hydrogen-bond acceptors (Lipinski definition) is 3. The van der Waals surface area contributed by atoms with Gasteiger partial charge in [0.15, 0.2) is 0 Å². The van der Waals surface area contributed by atoms with E-state index in [1.807, 2.05) is 6.92 Å². The zero-order chi connectivity index (χ0) is 15.4. The molecule has 1 fully saturated rings. The fraction of sp³-hybridized carbons (Fsp3) is 0.600. The number of nitrogens with one attached hydrogen (secondary N) is 1. The molecular weight excluding hydrogens is 361 g/mol. The molecule has 1 aliphatic carbocycles. The summed E-state index contributed by atoms with van der Waals surface area (Å²) < 4.78 is 25.8. The van der Waals surface area contributed by atoms with Crippen molar-refractivity contribution in [3.05, 3.63) is 27.4 Å². The number of hydrogen-bond donors (Lipinski definition) is 1. The molecule has 0 amide bonds. The van der Waals surface area contributed by atoms with Crippen LogP contribution in [0.5, 0.6) is 5.75 Å². The Morgan fingerprint density at radius 2 is 2.19 bits per heavy atom. The lowest BCUT2D eigenvalue weighted by Gasteiger charge is -2.44. The van der Waals surface area contributed by atoms with Crippen molar-refractivity contribution < 1.29 is 13.9 Å². The maximum absolute atomic E-state index is 13.5. The molecule has 6 heteroatoms. The fourth-order valence-electron chi connectivity index (χ4n) is 2.40. The maximum atomic E-state index is 13.5. The Morgan fingerprint density at radius 3 is 2.86 bits per heavy atom. The molecule has 0 aromatic heterocycles. The average Bonchev–Trinajstić information content (AvgIpc) is 2.44. The van der Waals surface area contributed by atoms with Crippen LogP contribution in [0.4, 0.5) is 4.39 Å². The molecule has 118 valence electrons. The van der Waals surface area contributed by atoms with Crippen LogP contribution >= 0.6 is 27.5 Å². The van der Waals surface area contributed by atoms with Crippen LogP contribution in [0.2, 0.25) is 5.02 Å². The fourth-order valence-corrected chi connectivity index (χ4v) is 3.13. The molecule has 3 unspecified atom stereocenters. The van der Waals surface area contributed by atoms with E-state index in [-0.39, 0.29) is 17.2 Å². The van der Waals surface area contributed by atoms with Crippen molar-refractivity contribution in [1.29, 1.82) is 0 Å². The lowest BCUT2D eigenvalue weighted by atomic mass is 9.85. The summed E-state index contributed by atoms with van der Waals surface area (Å²) in [5, 5.41) is 3.52. The highest BCUT2D eigenvalue weighted by Gasteiger charge is 2.43. The van der Waals surface area contributed by atoms with E-state index in [9.17, 15) is 4.39 Å². The molecule has 21 heavy (non-hydrogen) atoms. The van der Waals surface area contributed by atoms with E-state index < -0.39 is 5.82 Å². The van der Waals surface area contributed by atoms with Crippen molar-refractivity contribution in [3.63, 3.8) is 0 Å². The quantitative estimate of drug-likeness (QED) is 0.720. The third kappa shape index (κ3) is 4.09. The highest BCUT2D eigenvalue weighted by Crippen LogP contribution is 2.35. The first-order valence-electron chi connectivity index (χ1n) is 7.23. The van der Waals surface area contributed by atoms with Gasteiger partial charge in [-0.25, -0.2) is 4.39 Å². The molecule has 1 aromatic rings. The summed E-state index contributed by atoms with van der Waals surface area (Å²) in [6, 6.07) is 3.11. The molecule has 1 aliphatic rings. The summed E-state index contributed by atoms with van der Waals surface area (Å²) in [5.74, 6) is -0.0247. The van der Waals surface area contributed by atoms with Gasteiger partial charge in [-0.15, -0.1) is 0 Å². The molecule has 1 saturated carbocycles. The number of rotatable bonds is 7. The van der Waals surface area contributed by atoms with Crippen LogP contribution < -0.4 is 10.1 Å². The Morgan fingerprint density at radius 1 is 1.43 bits per heavy atom. The van der Waals surface area contributed by atoms with Crippen LogP contribution in [0.15, 0.2) is 16.6 Å². The molecule has 0 heterocycles. The van der Waals surface area contributed by atoms with Gasteiger partial charge in [0.05, 0.1) is 9.50 Å². The van der Waals surface area contributed by atoms with Crippen molar-refractivity contribution in [2.45, 2.75) is 44.9 Å². The van der Waals surface area contributed by atoms with Crippen molar-refractivity contribution in [2.24, 2.45) is 0 Å². The summed E-state index contributed by atoms with van der Waals surface area (Å²) in [5.41, 5.74) is 0. The van der Waals surface area contributed by atoms with Crippen LogP contribution in [-0.2, 0) is 4.74 Å². The number of ether oxygens (including phenoxy) is 2. The monoisotopic (exact) mass is 379 g/mol. The third-order valence-electron chi connectivity index (χ3n) is 3.52. The first-order chi connectivity index (χ1) is 10.1. The number of halogens is 3. The summed E-state index contributed by atoms with van der Waals surface area (Å²) in [7, 11) is 0. The van der Waals surface area contributed by atoms with Crippen molar-refractivity contribution in [3.8, 4) is 5.75 Å². The van der Waals surface area contributed by atoms with Gasteiger partial charge in [-0.1, -0.05) is 18.5 Å². The molecule has 3 nitrogen and oxygen atoms in total. The van der Waals surface area contributed by atoms with Gasteiger partial charge < -0.3 is 14.8 Å². The van der Waals surface area contributed by atoms with Crippen LogP contribution in [0.3, 0.4) is 0 Å². The van der Waals surface area contributed by atoms with E-state index in [0.29, 0.717) is 22.9 Å². The topological polar surface area (TPSA) is 30.5 Å². The Hall–Kier alpha value is -0.360. The van der Waals surface area contributed by atoms with Crippen molar-refractivity contribution in [1.82, 2.24) is 5.32 Å². The van der Waals surface area contributed by atoms with Crippen LogP contribution in [0.1, 0.15) is 26.7 Å². The summed E-state index contributed by atoms with van der Waals surface area (Å²) in [4.78, 5) is 0. The van der Waals surface area contributed by atoms with Gasteiger partial charge in [-0.3, -0.25) is 0 Å². The molecular formula is C15H20BrClFNO2. The van der Waals surface area contributed by atoms with E-state index in [4.69, 9.17) is 21.1 Å². The van der Waals surface area contributed by atoms with Gasteiger partial charge >= 0.3 is 0 Å². The molecule has 1 aromatic carbocycles. The normalized spacial score (nSPS) is 24.7. The zero-order valence-electron chi connectivity index (χ0n) is 12.2. The Labute approximate surface area is 138 Å². The first-order valence-corrected chi connectivity index (χ1v) is 8.40. The Bertz CT molecular complexity index is 489. The molecule has 2 rings (SSSR count). The van der Waals surface area contributed by atoms with Crippen LogP contribution in [0, 0.1) is 5.82 Å². The van der Waals surface area contributed by atoms with Gasteiger partial charge in [0.2, 0.25) is 0 Å². The largest absolute Gasteiger partial charge is 0.486 e. The zero-order valence-corrected chi connectivity index (χ0v) is 14.5. The lowest BCUT2D eigenvalue weighted by Crippen LogP contribution is -2.61. The summed E-state index contributed by atoms with van der Waals surface area (Å²) >= 11 is 9.08. The molecule has 0 radical (unpaired) electrons. The minimum Gasteiger partial charge on any atom is -0.486 e. The Kier molecular flexibility index (Phi) is 6.29. The lowest BCUT2D eigenvalue weighted by molar-refractivity contribution is -0.104. The Balaban J connectivity index is 2.01. The second-order valence-corrected chi connectivity index (χ2v) is 6.33. The van der Waals surface area contributed by atoms with Gasteiger partial charge in [0.1, 0.15) is 23.8 Å². The molecule has 3 atom stereocenters. The van der Waals surface area contributed by atoms with E-state index in [2.05, 4.69) is 28.2 Å². The minimum atomic E-state index is -0.484. The smallest absolute Gasteiger partial charge is 0.145 e. The molecule has 0 spiro atoms. The predicted molar refractivity (Wildman–Crippen MR) is 85.6 cm³/mol. The van der Waals surface area contributed by atoms with E-state index in [0.717, 1.165) is 19.4 Å². The highest BCUT2D eigenvalue weighted by molar-refractivity contribution is 9.10. The van der Waals surface area contributed by atoms with Gasteiger partial charge in [0.25, 0.3) is 0 Å². The van der Waals surface area contributed by atoms with E-state index in [1.54, 1.807) is 0 Å². The molecule has 0 saturated heterocycles. The minimum absolute atomic E-state index is 0.00723. The maximum Gasteiger partial charge on any atom is 0.145 e.